The van der Waals surface area contributed by atoms with E-state index in [1.807, 2.05) is 0 Å². The molecule has 0 spiro atoms. The molecule has 0 fully saturated rings. The molecule has 2 N–H and O–H groups in total. The number of benzene rings is 1. The van der Waals surface area contributed by atoms with Gasteiger partial charge in [0, 0.05) is 11.0 Å². The summed E-state index contributed by atoms with van der Waals surface area (Å²) in [6, 6.07) is 4.11. The van der Waals surface area contributed by atoms with Gasteiger partial charge in [0.1, 0.15) is 5.82 Å². The van der Waals surface area contributed by atoms with Gasteiger partial charge >= 0.3 is 11.9 Å². The second-order valence-electron chi connectivity index (χ2n) is 3.71. The van der Waals surface area contributed by atoms with Gasteiger partial charge in [-0.25, -0.2) is 4.39 Å². The zero-order valence-corrected chi connectivity index (χ0v) is 10.9. The fourth-order valence-electron chi connectivity index (χ4n) is 1.51. The van der Waals surface area contributed by atoms with Crippen molar-refractivity contribution in [2.45, 2.75) is 6.54 Å². The Morgan fingerprint density at radius 2 is 1.72 bits per heavy atom. The summed E-state index contributed by atoms with van der Waals surface area (Å²) in [5.41, 5.74) is 0.504. The molecule has 0 bridgehead atoms. The molecule has 98 valence electrons. The Bertz CT molecular complexity index is 430. The number of hydrogen-bond acceptors (Lipinski definition) is 3. The Morgan fingerprint density at radius 3 is 2.17 bits per heavy atom. The zero-order valence-electron chi connectivity index (χ0n) is 9.27. The quantitative estimate of drug-likeness (QED) is 0.832. The largest absolute Gasteiger partial charge is 0.480 e. The highest BCUT2D eigenvalue weighted by Gasteiger charge is 2.14. The molecule has 0 unspecified atom stereocenters. The van der Waals surface area contributed by atoms with E-state index in [9.17, 15) is 14.0 Å². The molecule has 0 amide bonds. The first kappa shape index (κ1) is 14.6. The zero-order chi connectivity index (χ0) is 13.7. The van der Waals surface area contributed by atoms with E-state index in [1.165, 1.54) is 17.0 Å². The van der Waals surface area contributed by atoms with Gasteiger partial charge in [0.15, 0.2) is 0 Å². The lowest BCUT2D eigenvalue weighted by atomic mass is 10.2. The van der Waals surface area contributed by atoms with Gasteiger partial charge in [-0.1, -0.05) is 15.9 Å². The number of carboxylic acids is 2. The minimum atomic E-state index is -1.13. The number of halogens is 2. The molecule has 0 heterocycles. The summed E-state index contributed by atoms with van der Waals surface area (Å²) in [4.78, 5) is 22.4. The molecular weight excluding hydrogens is 309 g/mol. The highest BCUT2D eigenvalue weighted by Crippen LogP contribution is 2.16. The van der Waals surface area contributed by atoms with Crippen molar-refractivity contribution in [2.75, 3.05) is 13.1 Å². The standard InChI is InChI=1S/C11H11BrFNO4/c12-8-1-7(2-9(13)3-8)4-14(5-10(15)16)6-11(17)18/h1-3H,4-6H2,(H,15,16)(H,17,18). The van der Waals surface area contributed by atoms with Crippen LogP contribution in [0.1, 0.15) is 5.56 Å². The van der Waals surface area contributed by atoms with Crippen LogP contribution in [0.5, 0.6) is 0 Å². The normalized spacial score (nSPS) is 10.6. The van der Waals surface area contributed by atoms with Gasteiger partial charge in [-0.3, -0.25) is 14.5 Å². The fraction of sp³-hybridized carbons (Fsp3) is 0.273. The topological polar surface area (TPSA) is 77.8 Å². The van der Waals surface area contributed by atoms with Crippen molar-refractivity contribution >= 4 is 27.9 Å². The number of rotatable bonds is 6. The first-order valence-electron chi connectivity index (χ1n) is 4.97. The lowest BCUT2D eigenvalue weighted by Gasteiger charge is -2.18. The SMILES string of the molecule is O=C(O)CN(CC(=O)O)Cc1cc(F)cc(Br)c1. The van der Waals surface area contributed by atoms with E-state index < -0.39 is 30.8 Å². The van der Waals surface area contributed by atoms with Crippen LogP contribution in [0, 0.1) is 5.82 Å². The van der Waals surface area contributed by atoms with Crippen molar-refractivity contribution in [3.63, 3.8) is 0 Å². The molecular formula is C11H11BrFNO4. The Labute approximate surface area is 111 Å². The Balaban J connectivity index is 2.80. The molecule has 1 aromatic rings. The van der Waals surface area contributed by atoms with Gasteiger partial charge in [-0.05, 0) is 23.8 Å². The molecule has 0 atom stereocenters. The van der Waals surface area contributed by atoms with Gasteiger partial charge in [0.2, 0.25) is 0 Å². The summed E-state index contributed by atoms with van der Waals surface area (Å²) in [7, 11) is 0. The number of nitrogens with zero attached hydrogens (tertiary/aromatic N) is 1. The molecule has 7 heteroatoms. The van der Waals surface area contributed by atoms with Crippen molar-refractivity contribution in [3.8, 4) is 0 Å². The molecule has 0 aromatic heterocycles. The van der Waals surface area contributed by atoms with Gasteiger partial charge in [0.25, 0.3) is 0 Å². The van der Waals surface area contributed by atoms with E-state index in [4.69, 9.17) is 10.2 Å². The highest BCUT2D eigenvalue weighted by molar-refractivity contribution is 9.10. The second-order valence-corrected chi connectivity index (χ2v) is 4.63. The molecule has 1 aromatic carbocycles. The first-order chi connectivity index (χ1) is 8.36. The van der Waals surface area contributed by atoms with Crippen LogP contribution in [-0.4, -0.2) is 40.1 Å². The van der Waals surface area contributed by atoms with Gasteiger partial charge < -0.3 is 10.2 Å². The summed E-state index contributed by atoms with van der Waals surface area (Å²) in [5, 5.41) is 17.3. The maximum absolute atomic E-state index is 13.1. The summed E-state index contributed by atoms with van der Waals surface area (Å²) < 4.78 is 13.6. The Hall–Kier alpha value is -1.47. The third-order valence-corrected chi connectivity index (χ3v) is 2.50. The number of aliphatic carboxylic acids is 2. The van der Waals surface area contributed by atoms with Crippen molar-refractivity contribution in [3.05, 3.63) is 34.1 Å². The molecule has 18 heavy (non-hydrogen) atoms. The lowest BCUT2D eigenvalue weighted by molar-refractivity contribution is -0.142. The number of hydrogen-bond donors (Lipinski definition) is 2. The molecule has 5 nitrogen and oxygen atoms in total. The van der Waals surface area contributed by atoms with E-state index in [2.05, 4.69) is 15.9 Å². The second kappa shape index (κ2) is 6.46. The van der Waals surface area contributed by atoms with Crippen LogP contribution in [-0.2, 0) is 16.1 Å². The van der Waals surface area contributed by atoms with Crippen molar-refractivity contribution in [1.82, 2.24) is 4.90 Å². The minimum Gasteiger partial charge on any atom is -0.480 e. The van der Waals surface area contributed by atoms with E-state index in [-0.39, 0.29) is 6.54 Å². The average molecular weight is 320 g/mol. The van der Waals surface area contributed by atoms with E-state index >= 15 is 0 Å². The van der Waals surface area contributed by atoms with Crippen LogP contribution in [0.3, 0.4) is 0 Å². The van der Waals surface area contributed by atoms with E-state index in [0.717, 1.165) is 0 Å². The van der Waals surface area contributed by atoms with Crippen molar-refractivity contribution in [2.24, 2.45) is 0 Å². The Morgan fingerprint density at radius 1 is 1.17 bits per heavy atom. The maximum Gasteiger partial charge on any atom is 0.317 e. The molecule has 0 aliphatic carbocycles. The van der Waals surface area contributed by atoms with Crippen LogP contribution < -0.4 is 0 Å². The summed E-state index contributed by atoms with van der Waals surface area (Å²) in [5.74, 6) is -2.73. The molecule has 0 aliphatic rings. The van der Waals surface area contributed by atoms with E-state index in [0.29, 0.717) is 10.0 Å². The molecule has 0 aliphatic heterocycles. The third kappa shape index (κ3) is 5.24. The average Bonchev–Trinajstić information content (AvgIpc) is 2.12. The van der Waals surface area contributed by atoms with Crippen LogP contribution in [0.2, 0.25) is 0 Å². The molecule has 0 saturated carbocycles. The number of carbonyl (C=O) groups is 2. The predicted octanol–water partition coefficient (Wildman–Crippen LogP) is 1.56. The van der Waals surface area contributed by atoms with Crippen LogP contribution in [0.15, 0.2) is 22.7 Å². The summed E-state index contributed by atoms with van der Waals surface area (Å²) in [6.45, 7) is -0.782. The van der Waals surface area contributed by atoms with Crippen molar-refractivity contribution < 1.29 is 24.2 Å². The molecule has 0 radical (unpaired) electrons. The monoisotopic (exact) mass is 319 g/mol. The first-order valence-corrected chi connectivity index (χ1v) is 5.77. The molecule has 1 rings (SSSR count). The predicted molar refractivity (Wildman–Crippen MR) is 64.6 cm³/mol. The van der Waals surface area contributed by atoms with Gasteiger partial charge in [0.05, 0.1) is 13.1 Å². The number of carboxylic acid groups (broad SMARTS) is 2. The van der Waals surface area contributed by atoms with Crippen LogP contribution in [0.25, 0.3) is 0 Å². The Kier molecular flexibility index (Phi) is 5.24. The lowest BCUT2D eigenvalue weighted by Crippen LogP contribution is -2.34. The van der Waals surface area contributed by atoms with E-state index in [1.54, 1.807) is 6.07 Å². The molecule has 0 saturated heterocycles. The van der Waals surface area contributed by atoms with Gasteiger partial charge in [-0.15, -0.1) is 0 Å². The third-order valence-electron chi connectivity index (χ3n) is 2.05. The highest BCUT2D eigenvalue weighted by atomic mass is 79.9. The summed E-state index contributed by atoms with van der Waals surface area (Å²) in [6.07, 6.45) is 0. The minimum absolute atomic E-state index is 0.0506. The summed E-state index contributed by atoms with van der Waals surface area (Å²) >= 11 is 3.11. The fourth-order valence-corrected chi connectivity index (χ4v) is 2.02. The smallest absolute Gasteiger partial charge is 0.317 e. The van der Waals surface area contributed by atoms with Crippen LogP contribution in [0.4, 0.5) is 4.39 Å². The van der Waals surface area contributed by atoms with Crippen molar-refractivity contribution in [1.29, 1.82) is 0 Å². The van der Waals surface area contributed by atoms with Gasteiger partial charge in [-0.2, -0.15) is 0 Å². The maximum atomic E-state index is 13.1. The van der Waals surface area contributed by atoms with Crippen LogP contribution >= 0.6 is 15.9 Å².